The highest BCUT2D eigenvalue weighted by atomic mass is 32.2. The van der Waals surface area contributed by atoms with Crippen LogP contribution in [0.2, 0.25) is 0 Å². The number of piperidine rings is 1. The standard InChI is InChI=1S/C28H30FN3O4S/c1-36-24-11-13-25(14-12-24)37(34,35)31-17-15-28(16-18-31)30-26(19-21-5-3-2-4-6-21)27(33)32(28)20-22-7-9-23(29)10-8-22/h2-14,26,30H,15-20H2,1H3. The predicted molar refractivity (Wildman–Crippen MR) is 138 cm³/mol. The Hall–Kier alpha value is -3.27. The van der Waals surface area contributed by atoms with Gasteiger partial charge in [0.05, 0.1) is 23.7 Å². The first-order valence-corrected chi connectivity index (χ1v) is 13.8. The Morgan fingerprint density at radius 1 is 0.946 bits per heavy atom. The summed E-state index contributed by atoms with van der Waals surface area (Å²) < 4.78 is 46.8. The number of amides is 1. The van der Waals surface area contributed by atoms with Gasteiger partial charge in [0.15, 0.2) is 0 Å². The molecule has 3 aromatic carbocycles. The molecule has 37 heavy (non-hydrogen) atoms. The molecule has 1 amide bonds. The van der Waals surface area contributed by atoms with E-state index in [-0.39, 0.29) is 29.7 Å². The highest BCUT2D eigenvalue weighted by Crippen LogP contribution is 2.36. The number of carbonyl (C=O) groups is 1. The molecular formula is C28H30FN3O4S. The number of nitrogens with one attached hydrogen (secondary N) is 1. The number of sulfonamides is 1. The normalized spacial score (nSPS) is 19.9. The van der Waals surface area contributed by atoms with E-state index >= 15 is 0 Å². The second-order valence-electron chi connectivity index (χ2n) is 9.55. The molecule has 0 radical (unpaired) electrons. The first-order chi connectivity index (χ1) is 17.8. The lowest BCUT2D eigenvalue weighted by molar-refractivity contribution is -0.134. The van der Waals surface area contributed by atoms with Gasteiger partial charge in [0, 0.05) is 19.6 Å². The van der Waals surface area contributed by atoms with E-state index in [0.29, 0.717) is 31.6 Å². The molecule has 1 atom stereocenters. The van der Waals surface area contributed by atoms with Gasteiger partial charge < -0.3 is 9.64 Å². The molecule has 1 N–H and O–H groups in total. The SMILES string of the molecule is COc1ccc(S(=O)(=O)N2CCC3(CC2)NC(Cc2ccccc2)C(=O)N3Cc2ccc(F)cc2)cc1. The van der Waals surface area contributed by atoms with Crippen LogP contribution in [0.4, 0.5) is 4.39 Å². The van der Waals surface area contributed by atoms with Gasteiger partial charge in [0.25, 0.3) is 0 Å². The molecule has 0 bridgehead atoms. The summed E-state index contributed by atoms with van der Waals surface area (Å²) in [5, 5.41) is 3.58. The van der Waals surface area contributed by atoms with Gasteiger partial charge in [0.1, 0.15) is 11.6 Å². The fourth-order valence-corrected chi connectivity index (χ4v) is 6.70. The van der Waals surface area contributed by atoms with Gasteiger partial charge in [-0.05, 0) is 66.8 Å². The summed E-state index contributed by atoms with van der Waals surface area (Å²) in [6.45, 7) is 0.863. The topological polar surface area (TPSA) is 79.0 Å². The molecule has 1 spiro atoms. The van der Waals surface area contributed by atoms with Crippen LogP contribution in [0.3, 0.4) is 0 Å². The van der Waals surface area contributed by atoms with Crippen molar-refractivity contribution in [2.75, 3.05) is 20.2 Å². The van der Waals surface area contributed by atoms with Crippen LogP contribution >= 0.6 is 0 Å². The molecule has 1 unspecified atom stereocenters. The lowest BCUT2D eigenvalue weighted by Gasteiger charge is -2.44. The second kappa shape index (κ2) is 10.2. The van der Waals surface area contributed by atoms with Crippen molar-refractivity contribution in [1.29, 1.82) is 0 Å². The fraction of sp³-hybridized carbons (Fsp3) is 0.321. The summed E-state index contributed by atoms with van der Waals surface area (Å²) in [4.78, 5) is 15.7. The second-order valence-corrected chi connectivity index (χ2v) is 11.5. The van der Waals surface area contributed by atoms with Gasteiger partial charge >= 0.3 is 0 Å². The smallest absolute Gasteiger partial charge is 0.243 e. The largest absolute Gasteiger partial charge is 0.497 e. The average molecular weight is 524 g/mol. The first kappa shape index (κ1) is 25.4. The predicted octanol–water partition coefficient (Wildman–Crippen LogP) is 3.56. The number of carbonyl (C=O) groups excluding carboxylic acids is 1. The lowest BCUT2D eigenvalue weighted by atomic mass is 9.96. The summed E-state index contributed by atoms with van der Waals surface area (Å²) >= 11 is 0. The maximum absolute atomic E-state index is 13.7. The zero-order valence-electron chi connectivity index (χ0n) is 20.6. The molecule has 2 fully saturated rings. The molecule has 5 rings (SSSR count). The molecule has 7 nitrogen and oxygen atoms in total. The van der Waals surface area contributed by atoms with Crippen molar-refractivity contribution < 1.29 is 22.3 Å². The van der Waals surface area contributed by atoms with Crippen molar-refractivity contribution in [3.63, 3.8) is 0 Å². The molecule has 2 saturated heterocycles. The van der Waals surface area contributed by atoms with Crippen molar-refractivity contribution in [3.8, 4) is 5.75 Å². The molecule has 0 aromatic heterocycles. The van der Waals surface area contributed by atoms with E-state index in [4.69, 9.17) is 4.74 Å². The summed E-state index contributed by atoms with van der Waals surface area (Å²) in [5.74, 6) is 0.231. The Labute approximate surface area is 216 Å². The lowest BCUT2D eigenvalue weighted by Crippen LogP contribution is -2.59. The Morgan fingerprint density at radius 2 is 1.59 bits per heavy atom. The van der Waals surface area contributed by atoms with Crippen molar-refractivity contribution in [1.82, 2.24) is 14.5 Å². The van der Waals surface area contributed by atoms with E-state index in [9.17, 15) is 17.6 Å². The minimum absolute atomic E-state index is 0.0281. The quantitative estimate of drug-likeness (QED) is 0.513. The Morgan fingerprint density at radius 3 is 2.22 bits per heavy atom. The van der Waals surface area contributed by atoms with Gasteiger partial charge in [-0.2, -0.15) is 4.31 Å². The minimum atomic E-state index is -3.69. The third-order valence-electron chi connectivity index (χ3n) is 7.31. The van der Waals surface area contributed by atoms with Crippen LogP contribution in [-0.2, 0) is 27.8 Å². The van der Waals surface area contributed by atoms with Crippen LogP contribution < -0.4 is 10.1 Å². The van der Waals surface area contributed by atoms with Gasteiger partial charge in [-0.15, -0.1) is 0 Å². The van der Waals surface area contributed by atoms with Crippen LogP contribution in [0.5, 0.6) is 5.75 Å². The average Bonchev–Trinajstić information content (AvgIpc) is 3.16. The van der Waals surface area contributed by atoms with Crippen LogP contribution in [0.1, 0.15) is 24.0 Å². The van der Waals surface area contributed by atoms with E-state index in [1.807, 2.05) is 35.2 Å². The first-order valence-electron chi connectivity index (χ1n) is 12.3. The summed E-state index contributed by atoms with van der Waals surface area (Å²) in [7, 11) is -2.15. The summed E-state index contributed by atoms with van der Waals surface area (Å²) in [6.07, 6.45) is 1.43. The third kappa shape index (κ3) is 5.12. The fourth-order valence-electron chi connectivity index (χ4n) is 5.26. The van der Waals surface area contributed by atoms with E-state index in [0.717, 1.165) is 11.1 Å². The highest BCUT2D eigenvalue weighted by molar-refractivity contribution is 7.89. The van der Waals surface area contributed by atoms with Gasteiger partial charge in [0.2, 0.25) is 15.9 Å². The van der Waals surface area contributed by atoms with Crippen molar-refractivity contribution in [2.45, 2.75) is 42.4 Å². The van der Waals surface area contributed by atoms with Crippen molar-refractivity contribution >= 4 is 15.9 Å². The van der Waals surface area contributed by atoms with Crippen LogP contribution in [0, 0.1) is 5.82 Å². The number of nitrogens with zero attached hydrogens (tertiary/aromatic N) is 2. The zero-order valence-corrected chi connectivity index (χ0v) is 21.5. The molecule has 0 saturated carbocycles. The molecule has 9 heteroatoms. The Kier molecular flexibility index (Phi) is 7.02. The van der Waals surface area contributed by atoms with E-state index in [1.165, 1.54) is 23.5 Å². The Balaban J connectivity index is 1.38. The zero-order chi connectivity index (χ0) is 26.0. The molecule has 2 aliphatic rings. The molecular weight excluding hydrogens is 493 g/mol. The highest BCUT2D eigenvalue weighted by Gasteiger charge is 2.52. The molecule has 0 aliphatic carbocycles. The van der Waals surface area contributed by atoms with E-state index < -0.39 is 21.7 Å². The molecule has 3 aromatic rings. The maximum Gasteiger partial charge on any atom is 0.243 e. The Bertz CT molecular complexity index is 1340. The number of halogens is 1. The third-order valence-corrected chi connectivity index (χ3v) is 9.22. The van der Waals surface area contributed by atoms with Gasteiger partial charge in [-0.3, -0.25) is 10.1 Å². The van der Waals surface area contributed by atoms with Crippen molar-refractivity contribution in [3.05, 3.63) is 95.8 Å². The van der Waals surface area contributed by atoms with Gasteiger partial charge in [-0.25, -0.2) is 12.8 Å². The van der Waals surface area contributed by atoms with Crippen molar-refractivity contribution in [2.24, 2.45) is 0 Å². The summed E-state index contributed by atoms with van der Waals surface area (Å²) in [6, 6.07) is 21.9. The number of methoxy groups -OCH3 is 1. The van der Waals surface area contributed by atoms with Crippen LogP contribution in [0.25, 0.3) is 0 Å². The van der Waals surface area contributed by atoms with E-state index in [1.54, 1.807) is 36.4 Å². The molecule has 2 aliphatic heterocycles. The van der Waals surface area contributed by atoms with Crippen LogP contribution in [-0.4, -0.2) is 55.4 Å². The van der Waals surface area contributed by atoms with E-state index in [2.05, 4.69) is 5.32 Å². The number of ether oxygens (including phenoxy) is 1. The maximum atomic E-state index is 13.7. The minimum Gasteiger partial charge on any atom is -0.497 e. The summed E-state index contributed by atoms with van der Waals surface area (Å²) in [5.41, 5.74) is 1.19. The number of benzene rings is 3. The van der Waals surface area contributed by atoms with Crippen LogP contribution in [0.15, 0.2) is 83.8 Å². The number of hydrogen-bond donors (Lipinski definition) is 1. The number of hydrogen-bond acceptors (Lipinski definition) is 5. The molecule has 2 heterocycles. The monoisotopic (exact) mass is 523 g/mol. The van der Waals surface area contributed by atoms with Gasteiger partial charge in [-0.1, -0.05) is 42.5 Å². The molecule has 194 valence electrons. The number of rotatable bonds is 7.